The average molecular weight is 347 g/mol. The zero-order chi connectivity index (χ0) is 17.2. The van der Waals surface area contributed by atoms with Crippen molar-refractivity contribution in [2.24, 2.45) is 0 Å². The van der Waals surface area contributed by atoms with Crippen molar-refractivity contribution in [3.8, 4) is 5.75 Å². The number of nitrogens with one attached hydrogen (secondary N) is 1. The summed E-state index contributed by atoms with van der Waals surface area (Å²) in [6, 6.07) is 7.86. The van der Waals surface area contributed by atoms with E-state index in [-0.39, 0.29) is 10.8 Å². The summed E-state index contributed by atoms with van der Waals surface area (Å²) < 4.78 is 32.6. The number of hydrogen-bond donors (Lipinski definition) is 1. The van der Waals surface area contributed by atoms with Crippen LogP contribution < -0.4 is 14.4 Å². The molecule has 0 aliphatic carbocycles. The van der Waals surface area contributed by atoms with Gasteiger partial charge < -0.3 is 9.64 Å². The molecule has 0 bridgehead atoms. The van der Waals surface area contributed by atoms with Crippen molar-refractivity contribution in [2.45, 2.75) is 17.7 Å². The molecule has 1 fully saturated rings. The standard InChI is InChI=1S/C16H17N3O4S/c1-23-15-7-6-12(10-14(15)19-9-3-5-16(19)20)18-24(21,22)13-4-2-8-17-11-13/h2,4,6-8,10-11,18H,3,5,9H2,1H3. The van der Waals surface area contributed by atoms with Crippen molar-refractivity contribution < 1.29 is 17.9 Å². The summed E-state index contributed by atoms with van der Waals surface area (Å²) in [4.78, 5) is 17.5. The molecule has 2 heterocycles. The minimum Gasteiger partial charge on any atom is -0.495 e. The van der Waals surface area contributed by atoms with Crippen molar-refractivity contribution in [2.75, 3.05) is 23.3 Å². The largest absolute Gasteiger partial charge is 0.495 e. The van der Waals surface area contributed by atoms with Crippen molar-refractivity contribution in [3.05, 3.63) is 42.7 Å². The number of carbonyl (C=O) groups is 1. The van der Waals surface area contributed by atoms with E-state index in [4.69, 9.17) is 4.74 Å². The van der Waals surface area contributed by atoms with Gasteiger partial charge in [0.25, 0.3) is 10.0 Å². The summed E-state index contributed by atoms with van der Waals surface area (Å²) in [5, 5.41) is 0. The SMILES string of the molecule is COc1ccc(NS(=O)(=O)c2cccnc2)cc1N1CCCC1=O. The third-order valence-corrected chi connectivity index (χ3v) is 5.11. The molecule has 1 amide bonds. The number of nitrogens with zero attached hydrogens (tertiary/aromatic N) is 2. The molecule has 1 aromatic carbocycles. The van der Waals surface area contributed by atoms with E-state index in [1.54, 1.807) is 29.2 Å². The van der Waals surface area contributed by atoms with Crippen LogP contribution in [0, 0.1) is 0 Å². The zero-order valence-electron chi connectivity index (χ0n) is 13.1. The van der Waals surface area contributed by atoms with Gasteiger partial charge in [-0.2, -0.15) is 0 Å². The molecule has 1 aromatic heterocycles. The van der Waals surface area contributed by atoms with E-state index < -0.39 is 10.0 Å². The number of benzene rings is 1. The molecule has 2 aromatic rings. The van der Waals surface area contributed by atoms with Gasteiger partial charge >= 0.3 is 0 Å². The molecule has 24 heavy (non-hydrogen) atoms. The Morgan fingerprint density at radius 3 is 2.75 bits per heavy atom. The van der Waals surface area contributed by atoms with E-state index in [1.807, 2.05) is 0 Å². The Kier molecular flexibility index (Phi) is 4.39. The van der Waals surface area contributed by atoms with Crippen LogP contribution in [0.2, 0.25) is 0 Å². The lowest BCUT2D eigenvalue weighted by Crippen LogP contribution is -2.24. The number of methoxy groups -OCH3 is 1. The van der Waals surface area contributed by atoms with Crippen LogP contribution in [0.5, 0.6) is 5.75 Å². The van der Waals surface area contributed by atoms with Gasteiger partial charge in [0.15, 0.2) is 0 Å². The first-order valence-electron chi connectivity index (χ1n) is 7.42. The minimum absolute atomic E-state index is 0.000525. The third-order valence-electron chi connectivity index (χ3n) is 3.74. The number of hydrogen-bond acceptors (Lipinski definition) is 5. The molecule has 0 atom stereocenters. The third kappa shape index (κ3) is 3.18. The molecule has 0 spiro atoms. The lowest BCUT2D eigenvalue weighted by atomic mass is 10.2. The van der Waals surface area contributed by atoms with Crippen LogP contribution >= 0.6 is 0 Å². The second-order valence-corrected chi connectivity index (χ2v) is 7.01. The number of sulfonamides is 1. The Morgan fingerprint density at radius 2 is 2.12 bits per heavy atom. The molecule has 0 radical (unpaired) electrons. The second kappa shape index (κ2) is 6.48. The summed E-state index contributed by atoms with van der Waals surface area (Å²) in [7, 11) is -2.23. The number of anilines is 2. The van der Waals surface area contributed by atoms with Crippen molar-refractivity contribution in [3.63, 3.8) is 0 Å². The van der Waals surface area contributed by atoms with Crippen LogP contribution in [0.1, 0.15) is 12.8 Å². The van der Waals surface area contributed by atoms with Crippen molar-refractivity contribution >= 4 is 27.3 Å². The average Bonchev–Trinajstić information content (AvgIpc) is 3.01. The van der Waals surface area contributed by atoms with Crippen LogP contribution in [-0.4, -0.2) is 33.0 Å². The predicted molar refractivity (Wildman–Crippen MR) is 89.6 cm³/mol. The van der Waals surface area contributed by atoms with Gasteiger partial charge in [-0.25, -0.2) is 8.42 Å². The highest BCUT2D eigenvalue weighted by atomic mass is 32.2. The molecule has 0 saturated carbocycles. The molecular weight excluding hydrogens is 330 g/mol. The first-order chi connectivity index (χ1) is 11.5. The fraction of sp³-hybridized carbons (Fsp3) is 0.250. The Hall–Kier alpha value is -2.61. The molecule has 126 valence electrons. The lowest BCUT2D eigenvalue weighted by molar-refractivity contribution is -0.117. The van der Waals surface area contributed by atoms with Crippen molar-refractivity contribution in [1.29, 1.82) is 0 Å². The molecular formula is C16H17N3O4S. The summed E-state index contributed by atoms with van der Waals surface area (Å²) in [5.41, 5.74) is 0.917. The normalized spacial score (nSPS) is 14.7. The van der Waals surface area contributed by atoms with Gasteiger partial charge in [-0.15, -0.1) is 0 Å². The predicted octanol–water partition coefficient (Wildman–Crippen LogP) is 2.02. The molecule has 1 aliphatic rings. The highest BCUT2D eigenvalue weighted by Gasteiger charge is 2.25. The maximum absolute atomic E-state index is 12.4. The Bertz CT molecular complexity index is 853. The minimum atomic E-state index is -3.74. The first kappa shape index (κ1) is 16.3. The molecule has 7 nitrogen and oxygen atoms in total. The van der Waals surface area contributed by atoms with E-state index in [9.17, 15) is 13.2 Å². The highest BCUT2D eigenvalue weighted by Crippen LogP contribution is 2.34. The van der Waals surface area contributed by atoms with Gasteiger partial charge in [-0.3, -0.25) is 14.5 Å². The smallest absolute Gasteiger partial charge is 0.263 e. The molecule has 8 heteroatoms. The van der Waals surface area contributed by atoms with Gasteiger partial charge in [0.05, 0.1) is 18.5 Å². The Morgan fingerprint density at radius 1 is 1.29 bits per heavy atom. The number of pyridine rings is 1. The number of carbonyl (C=O) groups excluding carboxylic acids is 1. The van der Waals surface area contributed by atoms with Gasteiger partial charge in [0.1, 0.15) is 10.6 Å². The van der Waals surface area contributed by atoms with E-state index in [0.717, 1.165) is 6.42 Å². The number of ether oxygens (including phenoxy) is 1. The summed E-state index contributed by atoms with van der Waals surface area (Å²) in [5.74, 6) is 0.523. The summed E-state index contributed by atoms with van der Waals surface area (Å²) >= 11 is 0. The molecule has 1 aliphatic heterocycles. The molecule has 1 N–H and O–H groups in total. The number of aromatic nitrogens is 1. The van der Waals surface area contributed by atoms with E-state index in [1.165, 1.54) is 25.6 Å². The fourth-order valence-corrected chi connectivity index (χ4v) is 3.60. The quantitative estimate of drug-likeness (QED) is 0.894. The maximum atomic E-state index is 12.4. The molecule has 1 saturated heterocycles. The van der Waals surface area contributed by atoms with Gasteiger partial charge in [0.2, 0.25) is 5.91 Å². The highest BCUT2D eigenvalue weighted by molar-refractivity contribution is 7.92. The van der Waals surface area contributed by atoms with E-state index in [2.05, 4.69) is 9.71 Å². The monoisotopic (exact) mass is 347 g/mol. The van der Waals surface area contributed by atoms with Crippen molar-refractivity contribution in [1.82, 2.24) is 4.98 Å². The molecule has 0 unspecified atom stereocenters. The van der Waals surface area contributed by atoms with Crippen LogP contribution in [0.15, 0.2) is 47.6 Å². The summed E-state index contributed by atoms with van der Waals surface area (Å²) in [6.07, 6.45) is 4.03. The first-order valence-corrected chi connectivity index (χ1v) is 8.91. The van der Waals surface area contributed by atoms with Gasteiger partial charge in [0, 0.05) is 25.4 Å². The Labute approximate surface area is 140 Å². The number of amides is 1. The summed E-state index contributed by atoms with van der Waals surface area (Å²) in [6.45, 7) is 0.591. The topological polar surface area (TPSA) is 88.6 Å². The fourth-order valence-electron chi connectivity index (χ4n) is 2.59. The maximum Gasteiger partial charge on any atom is 0.263 e. The molecule has 3 rings (SSSR count). The van der Waals surface area contributed by atoms with Crippen LogP contribution in [-0.2, 0) is 14.8 Å². The Balaban J connectivity index is 1.93. The second-order valence-electron chi connectivity index (χ2n) is 5.33. The number of rotatable bonds is 5. The van der Waals surface area contributed by atoms with Crippen LogP contribution in [0.25, 0.3) is 0 Å². The van der Waals surface area contributed by atoms with Crippen LogP contribution in [0.4, 0.5) is 11.4 Å². The van der Waals surface area contributed by atoms with E-state index in [0.29, 0.717) is 30.1 Å². The lowest BCUT2D eigenvalue weighted by Gasteiger charge is -2.20. The van der Waals surface area contributed by atoms with E-state index >= 15 is 0 Å². The van der Waals surface area contributed by atoms with Gasteiger partial charge in [-0.05, 0) is 36.8 Å². The zero-order valence-corrected chi connectivity index (χ0v) is 13.9. The van der Waals surface area contributed by atoms with Gasteiger partial charge in [-0.1, -0.05) is 0 Å². The van der Waals surface area contributed by atoms with Crippen LogP contribution in [0.3, 0.4) is 0 Å².